The summed E-state index contributed by atoms with van der Waals surface area (Å²) >= 11 is 0. The lowest BCUT2D eigenvalue weighted by Gasteiger charge is -2.36. The summed E-state index contributed by atoms with van der Waals surface area (Å²) in [6, 6.07) is 12.9. The number of nitrogens with two attached hydrogens (primary N) is 1. The van der Waals surface area contributed by atoms with E-state index in [4.69, 9.17) is 5.73 Å². The molecular formula is C25H31N3O6S. The Hall–Kier alpha value is -3.40. The van der Waals surface area contributed by atoms with E-state index in [9.17, 15) is 27.9 Å². The predicted molar refractivity (Wildman–Crippen MR) is 131 cm³/mol. The number of primary amides is 1. The summed E-state index contributed by atoms with van der Waals surface area (Å²) < 4.78 is 24.0. The van der Waals surface area contributed by atoms with Crippen LogP contribution in [0.1, 0.15) is 44.6 Å². The van der Waals surface area contributed by atoms with E-state index in [1.165, 1.54) is 0 Å². The zero-order valence-corrected chi connectivity index (χ0v) is 20.4. The minimum absolute atomic E-state index is 0.0338. The molecule has 0 aromatic heterocycles. The van der Waals surface area contributed by atoms with Gasteiger partial charge in [0.2, 0.25) is 11.8 Å². The van der Waals surface area contributed by atoms with Crippen LogP contribution in [-0.4, -0.2) is 48.8 Å². The number of benzene rings is 2. The third-order valence-corrected chi connectivity index (χ3v) is 8.21. The van der Waals surface area contributed by atoms with Crippen LogP contribution in [0.4, 0.5) is 4.79 Å². The van der Waals surface area contributed by atoms with Crippen molar-refractivity contribution in [3.63, 3.8) is 0 Å². The van der Waals surface area contributed by atoms with Crippen molar-refractivity contribution in [3.8, 4) is 11.1 Å². The first-order valence-electron chi connectivity index (χ1n) is 11.6. The molecule has 2 aromatic rings. The minimum atomic E-state index is -3.27. The highest BCUT2D eigenvalue weighted by Crippen LogP contribution is 2.29. The molecule has 1 aliphatic rings. The molecule has 0 spiro atoms. The van der Waals surface area contributed by atoms with Crippen LogP contribution in [0.3, 0.4) is 0 Å². The Kier molecular flexibility index (Phi) is 8.16. The molecule has 0 radical (unpaired) electrons. The van der Waals surface area contributed by atoms with Crippen molar-refractivity contribution in [3.05, 3.63) is 54.1 Å². The van der Waals surface area contributed by atoms with Gasteiger partial charge in [-0.1, -0.05) is 62.6 Å². The zero-order chi connectivity index (χ0) is 25.6. The Morgan fingerprint density at radius 1 is 0.971 bits per heavy atom. The SMILES string of the molecule is CCS(=O)(=O)c1ccc(-c2ccc(CC(NC(=O)C3(NC(=O)O)CCCCC3)C(N)=O)cc2)cc1. The zero-order valence-electron chi connectivity index (χ0n) is 19.6. The Bertz CT molecular complexity index is 1170. The molecule has 1 atom stereocenters. The molecular weight excluding hydrogens is 470 g/mol. The van der Waals surface area contributed by atoms with Crippen LogP contribution in [0.2, 0.25) is 0 Å². The van der Waals surface area contributed by atoms with E-state index in [-0.39, 0.29) is 17.1 Å². The molecule has 0 aliphatic heterocycles. The van der Waals surface area contributed by atoms with Gasteiger partial charge in [-0.25, -0.2) is 13.2 Å². The molecule has 188 valence electrons. The summed E-state index contributed by atoms with van der Waals surface area (Å²) in [6.07, 6.45) is 1.93. The van der Waals surface area contributed by atoms with E-state index in [2.05, 4.69) is 10.6 Å². The Labute approximate surface area is 205 Å². The van der Waals surface area contributed by atoms with Crippen molar-refractivity contribution < 1.29 is 27.9 Å². The molecule has 35 heavy (non-hydrogen) atoms. The van der Waals surface area contributed by atoms with E-state index in [1.54, 1.807) is 43.3 Å². The van der Waals surface area contributed by atoms with E-state index in [0.717, 1.165) is 23.1 Å². The Morgan fingerprint density at radius 3 is 2.00 bits per heavy atom. The summed E-state index contributed by atoms with van der Waals surface area (Å²) in [7, 11) is -3.27. The normalized spacial score (nSPS) is 16.1. The van der Waals surface area contributed by atoms with Gasteiger partial charge >= 0.3 is 6.09 Å². The second kappa shape index (κ2) is 10.9. The van der Waals surface area contributed by atoms with Gasteiger partial charge in [-0.15, -0.1) is 0 Å². The third-order valence-electron chi connectivity index (χ3n) is 6.46. The molecule has 9 nitrogen and oxygen atoms in total. The van der Waals surface area contributed by atoms with Crippen molar-refractivity contribution in [2.45, 2.75) is 61.9 Å². The molecule has 0 heterocycles. The number of carbonyl (C=O) groups is 3. The monoisotopic (exact) mass is 501 g/mol. The number of hydrogen-bond donors (Lipinski definition) is 4. The number of amides is 3. The van der Waals surface area contributed by atoms with Gasteiger partial charge in [0.25, 0.3) is 0 Å². The highest BCUT2D eigenvalue weighted by Gasteiger charge is 2.42. The van der Waals surface area contributed by atoms with Crippen molar-refractivity contribution in [1.82, 2.24) is 10.6 Å². The molecule has 1 saturated carbocycles. The number of hydrogen-bond acceptors (Lipinski definition) is 5. The lowest BCUT2D eigenvalue weighted by atomic mass is 9.80. The molecule has 1 aliphatic carbocycles. The molecule has 10 heteroatoms. The van der Waals surface area contributed by atoms with Gasteiger partial charge in [-0.05, 0) is 41.7 Å². The van der Waals surface area contributed by atoms with Crippen LogP contribution in [0.25, 0.3) is 11.1 Å². The van der Waals surface area contributed by atoms with Crippen LogP contribution in [-0.2, 0) is 25.8 Å². The van der Waals surface area contributed by atoms with Crippen LogP contribution in [0.15, 0.2) is 53.4 Å². The van der Waals surface area contributed by atoms with Gasteiger partial charge in [-0.2, -0.15) is 0 Å². The highest BCUT2D eigenvalue weighted by molar-refractivity contribution is 7.91. The van der Waals surface area contributed by atoms with Gasteiger partial charge < -0.3 is 21.5 Å². The number of sulfone groups is 1. The molecule has 1 fully saturated rings. The van der Waals surface area contributed by atoms with Crippen LogP contribution >= 0.6 is 0 Å². The molecule has 3 rings (SSSR count). The van der Waals surface area contributed by atoms with Crippen molar-refractivity contribution in [2.24, 2.45) is 5.73 Å². The predicted octanol–water partition coefficient (Wildman–Crippen LogP) is 2.63. The van der Waals surface area contributed by atoms with Crippen LogP contribution in [0, 0.1) is 0 Å². The summed E-state index contributed by atoms with van der Waals surface area (Å²) in [5.74, 6) is -1.22. The smallest absolute Gasteiger partial charge is 0.405 e. The number of rotatable bonds is 9. The fraction of sp³-hybridized carbons (Fsp3) is 0.400. The second-order valence-corrected chi connectivity index (χ2v) is 11.1. The topological polar surface area (TPSA) is 156 Å². The Balaban J connectivity index is 1.72. The molecule has 0 saturated heterocycles. The average Bonchev–Trinajstić information content (AvgIpc) is 2.84. The number of carboxylic acid groups (broad SMARTS) is 1. The lowest BCUT2D eigenvalue weighted by molar-refractivity contribution is -0.132. The van der Waals surface area contributed by atoms with E-state index in [1.807, 2.05) is 12.1 Å². The molecule has 3 amide bonds. The molecule has 0 bridgehead atoms. The maximum atomic E-state index is 13.0. The summed E-state index contributed by atoms with van der Waals surface area (Å²) in [5, 5.41) is 14.3. The van der Waals surface area contributed by atoms with Gasteiger partial charge in [0.1, 0.15) is 11.6 Å². The number of nitrogens with one attached hydrogen (secondary N) is 2. The van der Waals surface area contributed by atoms with E-state index < -0.39 is 39.3 Å². The summed E-state index contributed by atoms with van der Waals surface area (Å²) in [5.41, 5.74) is 6.74. The van der Waals surface area contributed by atoms with Crippen LogP contribution < -0.4 is 16.4 Å². The minimum Gasteiger partial charge on any atom is -0.465 e. The van der Waals surface area contributed by atoms with Crippen molar-refractivity contribution in [1.29, 1.82) is 0 Å². The highest BCUT2D eigenvalue weighted by atomic mass is 32.2. The van der Waals surface area contributed by atoms with Crippen molar-refractivity contribution in [2.75, 3.05) is 5.75 Å². The molecule has 5 N–H and O–H groups in total. The van der Waals surface area contributed by atoms with Gasteiger partial charge in [0, 0.05) is 6.42 Å². The quantitative estimate of drug-likeness (QED) is 0.414. The van der Waals surface area contributed by atoms with Gasteiger partial charge in [0.05, 0.1) is 10.6 Å². The fourth-order valence-corrected chi connectivity index (χ4v) is 5.26. The molecule has 2 aromatic carbocycles. The standard InChI is InChI=1S/C25H31N3O6S/c1-2-35(33,34)20-12-10-19(11-13-20)18-8-6-17(7-9-18)16-21(22(26)29)27-23(30)25(28-24(31)32)14-4-3-5-15-25/h6-13,21,28H,2-5,14-16H2,1H3,(H2,26,29)(H,27,30)(H,31,32). The maximum Gasteiger partial charge on any atom is 0.405 e. The van der Waals surface area contributed by atoms with E-state index >= 15 is 0 Å². The first kappa shape index (κ1) is 26.2. The van der Waals surface area contributed by atoms with Crippen LogP contribution in [0.5, 0.6) is 0 Å². The third kappa shape index (κ3) is 6.39. The van der Waals surface area contributed by atoms with Gasteiger partial charge in [0.15, 0.2) is 9.84 Å². The maximum absolute atomic E-state index is 13.0. The summed E-state index contributed by atoms with van der Waals surface area (Å²) in [6.45, 7) is 1.60. The largest absolute Gasteiger partial charge is 0.465 e. The lowest BCUT2D eigenvalue weighted by Crippen LogP contribution is -2.62. The van der Waals surface area contributed by atoms with Gasteiger partial charge in [-0.3, -0.25) is 9.59 Å². The first-order chi connectivity index (χ1) is 16.6. The summed E-state index contributed by atoms with van der Waals surface area (Å²) in [4.78, 5) is 36.7. The average molecular weight is 502 g/mol. The van der Waals surface area contributed by atoms with Crippen molar-refractivity contribution >= 4 is 27.7 Å². The fourth-order valence-electron chi connectivity index (χ4n) is 4.38. The Morgan fingerprint density at radius 2 is 1.51 bits per heavy atom. The number of carbonyl (C=O) groups excluding carboxylic acids is 2. The second-order valence-electron chi connectivity index (χ2n) is 8.83. The molecule has 1 unspecified atom stereocenters. The van der Waals surface area contributed by atoms with E-state index in [0.29, 0.717) is 25.7 Å². The first-order valence-corrected chi connectivity index (χ1v) is 13.2.